The van der Waals surface area contributed by atoms with Gasteiger partial charge in [0.15, 0.2) is 5.69 Å². The molecule has 3 aromatic carbocycles. The van der Waals surface area contributed by atoms with Gasteiger partial charge in [-0.3, -0.25) is 9.48 Å². The molecule has 0 radical (unpaired) electrons. The summed E-state index contributed by atoms with van der Waals surface area (Å²) in [5.74, 6) is 0.664. The van der Waals surface area contributed by atoms with Gasteiger partial charge < -0.3 is 4.42 Å². The van der Waals surface area contributed by atoms with Crippen molar-refractivity contribution in [1.29, 1.82) is 0 Å². The monoisotopic (exact) mass is 545 g/mol. The third-order valence-electron chi connectivity index (χ3n) is 6.83. The molecule has 0 aliphatic rings. The van der Waals surface area contributed by atoms with Gasteiger partial charge in [-0.05, 0) is 49.2 Å². The maximum atomic E-state index is 13.6. The lowest BCUT2D eigenvalue weighted by Crippen LogP contribution is -2.20. The summed E-state index contributed by atoms with van der Waals surface area (Å²) in [6, 6.07) is 31.9. The molecule has 3 heterocycles. The highest BCUT2D eigenvalue weighted by Crippen LogP contribution is 2.26. The highest BCUT2D eigenvalue weighted by Gasteiger charge is 2.17. The highest BCUT2D eigenvalue weighted by atomic mass is 32.1. The van der Waals surface area contributed by atoms with E-state index in [0.29, 0.717) is 22.0 Å². The predicted molar refractivity (Wildman–Crippen MR) is 160 cm³/mol. The molecule has 7 nitrogen and oxygen atoms in total. The minimum Gasteiger partial charge on any atom is -0.463 e. The molecular weight excluding hydrogens is 518 g/mol. The summed E-state index contributed by atoms with van der Waals surface area (Å²) < 4.78 is 10.8. The van der Waals surface area contributed by atoms with Crippen molar-refractivity contribution in [3.05, 3.63) is 135 Å². The second-order valence-corrected chi connectivity index (χ2v) is 10.2. The van der Waals surface area contributed by atoms with Gasteiger partial charge in [-0.1, -0.05) is 72.8 Å². The number of furan rings is 1. The molecule has 40 heavy (non-hydrogen) atoms. The van der Waals surface area contributed by atoms with Crippen molar-refractivity contribution in [3.8, 4) is 28.1 Å². The lowest BCUT2D eigenvalue weighted by Gasteiger charge is -2.07. The lowest BCUT2D eigenvalue weighted by atomic mass is 10.0. The van der Waals surface area contributed by atoms with Crippen LogP contribution < -0.4 is 10.4 Å². The van der Waals surface area contributed by atoms with Crippen LogP contribution in [0.3, 0.4) is 0 Å². The largest absolute Gasteiger partial charge is 0.463 e. The highest BCUT2D eigenvalue weighted by molar-refractivity contribution is 7.07. The van der Waals surface area contributed by atoms with E-state index in [4.69, 9.17) is 14.5 Å². The summed E-state index contributed by atoms with van der Waals surface area (Å²) in [6.07, 6.45) is 1.63. The van der Waals surface area contributed by atoms with Crippen LogP contribution in [0.4, 0.5) is 5.69 Å². The molecule has 0 spiro atoms. The Morgan fingerprint density at radius 3 is 2.15 bits per heavy atom. The minimum atomic E-state index is -0.188. The van der Waals surface area contributed by atoms with E-state index in [1.165, 1.54) is 11.3 Å². The van der Waals surface area contributed by atoms with Crippen molar-refractivity contribution in [1.82, 2.24) is 14.0 Å². The first-order valence-electron chi connectivity index (χ1n) is 12.9. The summed E-state index contributed by atoms with van der Waals surface area (Å²) in [6.45, 7) is 3.80. The Balaban J connectivity index is 1.51. The van der Waals surface area contributed by atoms with E-state index in [1.807, 2.05) is 91.6 Å². The zero-order chi connectivity index (χ0) is 27.6. The number of hydrogen-bond acceptors (Lipinski definition) is 5. The fourth-order valence-corrected chi connectivity index (χ4v) is 5.43. The van der Waals surface area contributed by atoms with Crippen LogP contribution in [0.5, 0.6) is 0 Å². The molecule has 0 aliphatic heterocycles. The molecule has 0 saturated carbocycles. The lowest BCUT2D eigenvalue weighted by molar-refractivity contribution is 0.556. The summed E-state index contributed by atoms with van der Waals surface area (Å²) >= 11 is 1.44. The van der Waals surface area contributed by atoms with Gasteiger partial charge in [0.05, 0.1) is 23.3 Å². The molecule has 0 amide bonds. The number of hydrogen-bond donors (Lipinski definition) is 0. The van der Waals surface area contributed by atoms with Crippen LogP contribution in [0.25, 0.3) is 28.1 Å². The van der Waals surface area contributed by atoms with E-state index in [1.54, 1.807) is 15.6 Å². The van der Waals surface area contributed by atoms with Crippen LogP contribution in [0.1, 0.15) is 18.4 Å². The molecule has 0 fully saturated rings. The van der Waals surface area contributed by atoms with Crippen LogP contribution in [0, 0.1) is 6.92 Å². The molecule has 6 rings (SSSR count). The van der Waals surface area contributed by atoms with Crippen LogP contribution in [0.15, 0.2) is 128 Å². The number of rotatable bonds is 6. The molecule has 198 valence electrons. The Bertz CT molecular complexity index is 1920. The van der Waals surface area contributed by atoms with E-state index in [9.17, 15) is 4.79 Å². The first kappa shape index (κ1) is 25.3. The fraction of sp³-hybridized carbons (Fsp3) is 0.0938. The smallest absolute Gasteiger partial charge is 0.297 e. The topological polar surface area (TPSA) is 69.7 Å². The number of para-hydroxylation sites is 1. The van der Waals surface area contributed by atoms with Crippen molar-refractivity contribution >= 4 is 22.7 Å². The fourth-order valence-electron chi connectivity index (χ4n) is 4.60. The van der Waals surface area contributed by atoms with Gasteiger partial charge in [-0.25, -0.2) is 14.4 Å². The van der Waals surface area contributed by atoms with Gasteiger partial charge >= 0.3 is 0 Å². The quantitative estimate of drug-likeness (QED) is 0.217. The first-order valence-corrected chi connectivity index (χ1v) is 13.7. The SMILES string of the molecule is CC(=Nn1c(-c2ccc(-c3ccccc3)cc2)csc1=Nc1c(C)n(C)n(-c2ccccc2)c1=O)c1ccco1. The zero-order valence-corrected chi connectivity index (χ0v) is 23.2. The van der Waals surface area contributed by atoms with Gasteiger partial charge in [0.2, 0.25) is 4.80 Å². The molecule has 0 unspecified atom stereocenters. The molecule has 0 bridgehead atoms. The number of thiazole rings is 1. The third-order valence-corrected chi connectivity index (χ3v) is 7.65. The average Bonchev–Trinajstić information content (AvgIpc) is 3.71. The molecule has 0 atom stereocenters. The van der Waals surface area contributed by atoms with Crippen LogP contribution >= 0.6 is 11.3 Å². The number of nitrogens with zero attached hydrogens (tertiary/aromatic N) is 5. The van der Waals surface area contributed by atoms with Crippen molar-refractivity contribution in [3.63, 3.8) is 0 Å². The average molecular weight is 546 g/mol. The second-order valence-electron chi connectivity index (χ2n) is 9.34. The molecule has 8 heteroatoms. The molecule has 3 aromatic heterocycles. The van der Waals surface area contributed by atoms with Gasteiger partial charge in [-0.2, -0.15) is 5.10 Å². The minimum absolute atomic E-state index is 0.188. The molecule has 0 N–H and O–H groups in total. The van der Waals surface area contributed by atoms with E-state index in [-0.39, 0.29) is 5.56 Å². The van der Waals surface area contributed by atoms with Gasteiger partial charge in [0, 0.05) is 18.0 Å². The molecule has 0 saturated heterocycles. The Morgan fingerprint density at radius 1 is 0.825 bits per heavy atom. The van der Waals surface area contributed by atoms with Crippen LogP contribution in [-0.4, -0.2) is 19.8 Å². The summed E-state index contributed by atoms with van der Waals surface area (Å²) in [5.41, 5.74) is 6.56. The maximum absolute atomic E-state index is 13.6. The summed E-state index contributed by atoms with van der Waals surface area (Å²) in [7, 11) is 1.87. The zero-order valence-electron chi connectivity index (χ0n) is 22.4. The number of aromatic nitrogens is 3. The van der Waals surface area contributed by atoms with Crippen molar-refractivity contribution in [2.24, 2.45) is 17.1 Å². The standard InChI is InChI=1S/C32H27N5O2S/c1-22(29-15-10-20-39-29)34-36-28(26-18-16-25(17-19-26)24-11-6-4-7-12-24)21-40-32(36)33-30-23(2)35(3)37(31(30)38)27-13-8-5-9-14-27/h4-21H,1-3H3. The first-order chi connectivity index (χ1) is 19.5. The summed E-state index contributed by atoms with van der Waals surface area (Å²) in [4.78, 5) is 19.0. The normalized spacial score (nSPS) is 12.3. The Morgan fingerprint density at radius 2 is 1.48 bits per heavy atom. The van der Waals surface area contributed by atoms with Crippen LogP contribution in [0.2, 0.25) is 0 Å². The Labute approximate surface area is 235 Å². The summed E-state index contributed by atoms with van der Waals surface area (Å²) in [5, 5.41) is 6.92. The van der Waals surface area contributed by atoms with Crippen molar-refractivity contribution < 1.29 is 4.42 Å². The van der Waals surface area contributed by atoms with E-state index >= 15 is 0 Å². The van der Waals surface area contributed by atoms with E-state index in [0.717, 1.165) is 33.8 Å². The van der Waals surface area contributed by atoms with Gasteiger partial charge in [0.1, 0.15) is 11.5 Å². The predicted octanol–water partition coefficient (Wildman–Crippen LogP) is 6.78. The van der Waals surface area contributed by atoms with Crippen LogP contribution in [-0.2, 0) is 7.05 Å². The Hall–Kier alpha value is -4.95. The van der Waals surface area contributed by atoms with Crippen molar-refractivity contribution in [2.45, 2.75) is 13.8 Å². The second kappa shape index (κ2) is 10.7. The van der Waals surface area contributed by atoms with Gasteiger partial charge in [-0.15, -0.1) is 11.3 Å². The van der Waals surface area contributed by atoms with Gasteiger partial charge in [0.25, 0.3) is 5.56 Å². The molecule has 0 aliphatic carbocycles. The maximum Gasteiger partial charge on any atom is 0.297 e. The Kier molecular flexibility index (Phi) is 6.76. The molecular formula is C32H27N5O2S. The third kappa shape index (κ3) is 4.69. The van der Waals surface area contributed by atoms with E-state index in [2.05, 4.69) is 36.4 Å². The molecule has 6 aromatic rings. The van der Waals surface area contributed by atoms with Crippen molar-refractivity contribution in [2.75, 3.05) is 0 Å². The number of benzene rings is 3. The van der Waals surface area contributed by atoms with E-state index < -0.39 is 0 Å².